The van der Waals surface area contributed by atoms with Gasteiger partial charge in [-0.05, 0) is 35.7 Å². The SMILES string of the molecule is COc1ccc(S(=O)(=O)c2cccs2)cc1. The molecule has 0 fully saturated rings. The Bertz CT molecular complexity index is 554. The number of methoxy groups -OCH3 is 1. The molecular weight excluding hydrogens is 244 g/mol. The number of rotatable bonds is 3. The lowest BCUT2D eigenvalue weighted by atomic mass is 10.3. The van der Waals surface area contributed by atoms with Crippen LogP contribution in [-0.2, 0) is 9.84 Å². The first kappa shape index (κ1) is 11.2. The predicted molar refractivity (Wildman–Crippen MR) is 62.8 cm³/mol. The van der Waals surface area contributed by atoms with Crippen LogP contribution in [-0.4, -0.2) is 15.5 Å². The van der Waals surface area contributed by atoms with Gasteiger partial charge in [-0.25, -0.2) is 8.42 Å². The van der Waals surface area contributed by atoms with E-state index in [0.29, 0.717) is 9.96 Å². The maximum atomic E-state index is 12.1. The quantitative estimate of drug-likeness (QED) is 0.845. The minimum absolute atomic E-state index is 0.288. The molecule has 2 aromatic rings. The Morgan fingerprint density at radius 1 is 1.12 bits per heavy atom. The third kappa shape index (κ3) is 1.96. The van der Waals surface area contributed by atoms with Crippen molar-refractivity contribution in [1.82, 2.24) is 0 Å². The van der Waals surface area contributed by atoms with E-state index in [9.17, 15) is 8.42 Å². The van der Waals surface area contributed by atoms with Crippen LogP contribution in [0.15, 0.2) is 50.9 Å². The van der Waals surface area contributed by atoms with Gasteiger partial charge in [0.05, 0.1) is 12.0 Å². The number of hydrogen-bond acceptors (Lipinski definition) is 4. The van der Waals surface area contributed by atoms with Crippen molar-refractivity contribution in [3.63, 3.8) is 0 Å². The lowest BCUT2D eigenvalue weighted by molar-refractivity contribution is 0.414. The van der Waals surface area contributed by atoms with E-state index >= 15 is 0 Å². The van der Waals surface area contributed by atoms with E-state index in [1.165, 1.54) is 11.3 Å². The van der Waals surface area contributed by atoms with Crippen LogP contribution in [0.5, 0.6) is 5.75 Å². The van der Waals surface area contributed by atoms with Gasteiger partial charge < -0.3 is 4.74 Å². The van der Waals surface area contributed by atoms with Crippen LogP contribution in [0.3, 0.4) is 0 Å². The molecule has 84 valence electrons. The first-order chi connectivity index (χ1) is 7.64. The van der Waals surface area contributed by atoms with Crippen molar-refractivity contribution in [3.05, 3.63) is 41.8 Å². The summed E-state index contributed by atoms with van der Waals surface area (Å²) in [7, 11) is -1.81. The number of thiophene rings is 1. The molecule has 0 bridgehead atoms. The molecule has 0 amide bonds. The van der Waals surface area contributed by atoms with Gasteiger partial charge in [-0.15, -0.1) is 11.3 Å². The van der Waals surface area contributed by atoms with Crippen molar-refractivity contribution < 1.29 is 13.2 Å². The highest BCUT2D eigenvalue weighted by atomic mass is 32.2. The van der Waals surface area contributed by atoms with Gasteiger partial charge in [-0.1, -0.05) is 6.07 Å². The smallest absolute Gasteiger partial charge is 0.215 e. The molecule has 16 heavy (non-hydrogen) atoms. The third-order valence-electron chi connectivity index (χ3n) is 2.13. The van der Waals surface area contributed by atoms with E-state index in [1.54, 1.807) is 48.9 Å². The molecule has 0 radical (unpaired) electrons. The van der Waals surface area contributed by atoms with Gasteiger partial charge >= 0.3 is 0 Å². The van der Waals surface area contributed by atoms with Crippen molar-refractivity contribution in [2.75, 3.05) is 7.11 Å². The molecule has 1 aromatic heterocycles. The van der Waals surface area contributed by atoms with E-state index in [2.05, 4.69) is 0 Å². The normalized spacial score (nSPS) is 11.3. The van der Waals surface area contributed by atoms with Crippen molar-refractivity contribution in [1.29, 1.82) is 0 Å². The van der Waals surface area contributed by atoms with E-state index in [0.717, 1.165) is 0 Å². The van der Waals surface area contributed by atoms with E-state index in [-0.39, 0.29) is 4.90 Å². The molecule has 2 rings (SSSR count). The van der Waals surface area contributed by atoms with Gasteiger partial charge in [-0.2, -0.15) is 0 Å². The second kappa shape index (κ2) is 4.27. The predicted octanol–water partition coefficient (Wildman–Crippen LogP) is 2.59. The molecule has 1 heterocycles. The summed E-state index contributed by atoms with van der Waals surface area (Å²) in [5, 5.41) is 1.75. The summed E-state index contributed by atoms with van der Waals surface area (Å²) in [5.74, 6) is 0.644. The fourth-order valence-corrected chi connectivity index (χ4v) is 3.68. The topological polar surface area (TPSA) is 43.4 Å². The monoisotopic (exact) mass is 254 g/mol. The maximum absolute atomic E-state index is 12.1. The minimum atomic E-state index is -3.36. The summed E-state index contributed by atoms with van der Waals surface area (Å²) in [4.78, 5) is 0.288. The first-order valence-electron chi connectivity index (χ1n) is 4.57. The standard InChI is InChI=1S/C11H10O3S2/c1-14-9-4-6-10(7-5-9)16(12,13)11-3-2-8-15-11/h2-8H,1H3. The van der Waals surface area contributed by atoms with Gasteiger partial charge in [-0.3, -0.25) is 0 Å². The van der Waals surface area contributed by atoms with Gasteiger partial charge in [0.2, 0.25) is 9.84 Å². The molecule has 0 aliphatic rings. The summed E-state index contributed by atoms with van der Waals surface area (Å²) >= 11 is 1.22. The molecule has 0 aliphatic heterocycles. The number of sulfone groups is 1. The van der Waals surface area contributed by atoms with E-state index in [4.69, 9.17) is 4.74 Å². The van der Waals surface area contributed by atoms with Crippen molar-refractivity contribution in [2.24, 2.45) is 0 Å². The highest BCUT2D eigenvalue weighted by Gasteiger charge is 2.18. The molecule has 0 aliphatic carbocycles. The molecule has 0 atom stereocenters. The van der Waals surface area contributed by atoms with Crippen LogP contribution >= 0.6 is 11.3 Å². The largest absolute Gasteiger partial charge is 0.497 e. The molecular formula is C11H10O3S2. The highest BCUT2D eigenvalue weighted by molar-refractivity contribution is 7.93. The molecule has 0 unspecified atom stereocenters. The fraction of sp³-hybridized carbons (Fsp3) is 0.0909. The van der Waals surface area contributed by atoms with Crippen LogP contribution in [0.1, 0.15) is 0 Å². The van der Waals surface area contributed by atoms with Crippen molar-refractivity contribution in [2.45, 2.75) is 9.10 Å². The summed E-state index contributed by atoms with van der Waals surface area (Å²) in [6, 6.07) is 9.70. The zero-order valence-corrected chi connectivity index (χ0v) is 10.2. The van der Waals surface area contributed by atoms with Crippen LogP contribution < -0.4 is 4.74 Å². The second-order valence-corrected chi connectivity index (χ2v) is 6.24. The Kier molecular flexibility index (Phi) is 2.98. The third-order valence-corrected chi connectivity index (χ3v) is 5.30. The molecule has 0 saturated carbocycles. The van der Waals surface area contributed by atoms with Gasteiger partial charge in [0, 0.05) is 0 Å². The molecule has 0 N–H and O–H groups in total. The molecule has 5 heteroatoms. The average molecular weight is 254 g/mol. The van der Waals surface area contributed by atoms with Gasteiger partial charge in [0.1, 0.15) is 9.96 Å². The van der Waals surface area contributed by atoms with Crippen LogP contribution in [0.25, 0.3) is 0 Å². The van der Waals surface area contributed by atoms with Crippen LogP contribution in [0.4, 0.5) is 0 Å². The molecule has 0 saturated heterocycles. The van der Waals surface area contributed by atoms with Crippen molar-refractivity contribution in [3.8, 4) is 5.75 Å². The summed E-state index contributed by atoms with van der Waals surface area (Å²) in [5.41, 5.74) is 0. The average Bonchev–Trinajstić information content (AvgIpc) is 2.83. The molecule has 3 nitrogen and oxygen atoms in total. The Morgan fingerprint density at radius 2 is 1.81 bits per heavy atom. The number of hydrogen-bond donors (Lipinski definition) is 0. The fourth-order valence-electron chi connectivity index (χ4n) is 1.29. The Morgan fingerprint density at radius 3 is 2.31 bits per heavy atom. The maximum Gasteiger partial charge on any atom is 0.215 e. The summed E-state index contributed by atoms with van der Waals surface area (Å²) in [6.07, 6.45) is 0. The highest BCUT2D eigenvalue weighted by Crippen LogP contribution is 2.25. The zero-order valence-electron chi connectivity index (χ0n) is 8.58. The van der Waals surface area contributed by atoms with Gasteiger partial charge in [0.15, 0.2) is 0 Å². The number of benzene rings is 1. The zero-order chi connectivity index (χ0) is 11.6. The molecule has 0 spiro atoms. The van der Waals surface area contributed by atoms with Crippen LogP contribution in [0.2, 0.25) is 0 Å². The Hall–Kier alpha value is -1.33. The lowest BCUT2D eigenvalue weighted by Gasteiger charge is -2.03. The second-order valence-electron chi connectivity index (χ2n) is 3.11. The minimum Gasteiger partial charge on any atom is -0.497 e. The van der Waals surface area contributed by atoms with Crippen molar-refractivity contribution >= 4 is 21.2 Å². The van der Waals surface area contributed by atoms with Crippen LogP contribution in [0, 0.1) is 0 Å². The van der Waals surface area contributed by atoms with Gasteiger partial charge in [0.25, 0.3) is 0 Å². The number of ether oxygens (including phenoxy) is 1. The molecule has 1 aromatic carbocycles. The first-order valence-corrected chi connectivity index (χ1v) is 6.93. The Balaban J connectivity index is 2.44. The Labute approximate surface area is 98.2 Å². The van der Waals surface area contributed by atoms with E-state index < -0.39 is 9.84 Å². The van der Waals surface area contributed by atoms with E-state index in [1.807, 2.05) is 0 Å². The summed E-state index contributed by atoms with van der Waals surface area (Å²) < 4.78 is 29.5. The summed E-state index contributed by atoms with van der Waals surface area (Å²) in [6.45, 7) is 0. The lowest BCUT2D eigenvalue weighted by Crippen LogP contribution is -1.99.